The van der Waals surface area contributed by atoms with Crippen LogP contribution in [0.4, 0.5) is 5.82 Å². The van der Waals surface area contributed by atoms with Gasteiger partial charge in [0.25, 0.3) is 0 Å². The highest BCUT2D eigenvalue weighted by atomic mass is 35.5. The molecule has 3 rings (SSSR count). The molecule has 2 N–H and O–H groups in total. The number of nitrogens with two attached hydrogens (primary N) is 1. The van der Waals surface area contributed by atoms with Crippen LogP contribution in [0.2, 0.25) is 5.02 Å². The molecule has 0 spiro atoms. The maximum absolute atomic E-state index is 9.39. The van der Waals surface area contributed by atoms with Gasteiger partial charge in [-0.3, -0.25) is 0 Å². The Kier molecular flexibility index (Phi) is 6.58. The van der Waals surface area contributed by atoms with E-state index in [0.717, 1.165) is 11.3 Å². The summed E-state index contributed by atoms with van der Waals surface area (Å²) in [5.74, 6) is 2.17. The number of halogens is 1. The van der Waals surface area contributed by atoms with Gasteiger partial charge in [-0.25, -0.2) is 9.97 Å². The van der Waals surface area contributed by atoms with Gasteiger partial charge in [-0.2, -0.15) is 5.26 Å². The second-order valence-corrected chi connectivity index (χ2v) is 7.08. The Labute approximate surface area is 172 Å². The molecule has 0 unspecified atom stereocenters. The maximum Gasteiger partial charge on any atom is 0.190 e. The van der Waals surface area contributed by atoms with Crippen LogP contribution in [0.1, 0.15) is 16.8 Å². The quantitative estimate of drug-likeness (QED) is 0.452. The molecule has 8 heteroatoms. The van der Waals surface area contributed by atoms with Gasteiger partial charge in [-0.05, 0) is 42.0 Å². The second kappa shape index (κ2) is 9.31. The van der Waals surface area contributed by atoms with Gasteiger partial charge in [0.05, 0.1) is 7.11 Å². The van der Waals surface area contributed by atoms with Crippen molar-refractivity contribution in [2.75, 3.05) is 12.8 Å². The van der Waals surface area contributed by atoms with Crippen molar-refractivity contribution in [1.29, 1.82) is 5.26 Å². The second-order valence-electron chi connectivity index (χ2n) is 5.70. The van der Waals surface area contributed by atoms with E-state index >= 15 is 0 Å². The zero-order valence-corrected chi connectivity index (χ0v) is 16.6. The smallest absolute Gasteiger partial charge is 0.190 e. The summed E-state index contributed by atoms with van der Waals surface area (Å²) in [5, 5.41) is 10.6. The first-order valence-corrected chi connectivity index (χ1v) is 9.66. The van der Waals surface area contributed by atoms with Gasteiger partial charge in [-0.15, -0.1) is 0 Å². The SMILES string of the molecule is COc1ccc(OCc2nc(SCc3ccc(Cl)cc3)nc(N)c2C#N)cc1. The van der Waals surface area contributed by atoms with E-state index in [4.69, 9.17) is 26.8 Å². The van der Waals surface area contributed by atoms with Crippen LogP contribution in [0.3, 0.4) is 0 Å². The van der Waals surface area contributed by atoms with E-state index in [-0.39, 0.29) is 18.0 Å². The highest BCUT2D eigenvalue weighted by molar-refractivity contribution is 7.98. The van der Waals surface area contributed by atoms with E-state index < -0.39 is 0 Å². The lowest BCUT2D eigenvalue weighted by Crippen LogP contribution is -2.08. The number of methoxy groups -OCH3 is 1. The van der Waals surface area contributed by atoms with Crippen molar-refractivity contribution < 1.29 is 9.47 Å². The fourth-order valence-electron chi connectivity index (χ4n) is 2.35. The lowest BCUT2D eigenvalue weighted by Gasteiger charge is -2.10. The number of hydrogen-bond donors (Lipinski definition) is 1. The van der Waals surface area contributed by atoms with Crippen molar-refractivity contribution in [1.82, 2.24) is 9.97 Å². The Balaban J connectivity index is 1.73. The minimum Gasteiger partial charge on any atom is -0.497 e. The molecule has 28 heavy (non-hydrogen) atoms. The molecule has 0 bridgehead atoms. The van der Waals surface area contributed by atoms with Crippen LogP contribution >= 0.6 is 23.4 Å². The monoisotopic (exact) mass is 412 g/mol. The maximum atomic E-state index is 9.39. The number of nitrogen functional groups attached to an aromatic ring is 1. The van der Waals surface area contributed by atoms with Gasteiger partial charge in [0.1, 0.15) is 41.3 Å². The number of ether oxygens (including phenoxy) is 2. The summed E-state index contributed by atoms with van der Waals surface area (Å²) >= 11 is 7.33. The Morgan fingerprint density at radius 3 is 2.39 bits per heavy atom. The van der Waals surface area contributed by atoms with Crippen LogP contribution in [-0.4, -0.2) is 17.1 Å². The van der Waals surface area contributed by atoms with E-state index in [1.54, 1.807) is 31.4 Å². The Morgan fingerprint density at radius 1 is 1.07 bits per heavy atom. The molecule has 1 aromatic heterocycles. The number of aromatic nitrogens is 2. The average Bonchev–Trinajstić information content (AvgIpc) is 2.72. The summed E-state index contributed by atoms with van der Waals surface area (Å²) in [6.45, 7) is 0.108. The molecule has 1 heterocycles. The van der Waals surface area contributed by atoms with Crippen molar-refractivity contribution >= 4 is 29.2 Å². The Hall–Kier alpha value is -2.95. The predicted molar refractivity (Wildman–Crippen MR) is 109 cm³/mol. The first-order valence-electron chi connectivity index (χ1n) is 8.29. The molecular formula is C20H17ClN4O2S. The molecular weight excluding hydrogens is 396 g/mol. The number of nitrogens with zero attached hydrogens (tertiary/aromatic N) is 3. The minimum atomic E-state index is 0.108. The zero-order chi connectivity index (χ0) is 19.9. The lowest BCUT2D eigenvalue weighted by atomic mass is 10.2. The summed E-state index contributed by atoms with van der Waals surface area (Å²) < 4.78 is 10.9. The molecule has 0 radical (unpaired) electrons. The van der Waals surface area contributed by atoms with Gasteiger partial charge < -0.3 is 15.2 Å². The third kappa shape index (κ3) is 5.06. The topological polar surface area (TPSA) is 94.1 Å². The summed E-state index contributed by atoms with van der Waals surface area (Å²) in [5.41, 5.74) is 7.71. The van der Waals surface area contributed by atoms with Crippen LogP contribution < -0.4 is 15.2 Å². The molecule has 0 saturated heterocycles. The summed E-state index contributed by atoms with van der Waals surface area (Å²) in [6, 6.07) is 16.8. The summed E-state index contributed by atoms with van der Waals surface area (Å²) in [6.07, 6.45) is 0. The van der Waals surface area contributed by atoms with Crippen LogP contribution in [0.15, 0.2) is 53.7 Å². The van der Waals surface area contributed by atoms with Gasteiger partial charge in [-0.1, -0.05) is 35.5 Å². The highest BCUT2D eigenvalue weighted by Gasteiger charge is 2.14. The van der Waals surface area contributed by atoms with Crippen molar-refractivity contribution in [2.45, 2.75) is 17.5 Å². The van der Waals surface area contributed by atoms with Crippen molar-refractivity contribution in [3.8, 4) is 17.6 Å². The number of benzene rings is 2. The number of rotatable bonds is 7. The fourth-order valence-corrected chi connectivity index (χ4v) is 3.30. The first kappa shape index (κ1) is 19.8. The van der Waals surface area contributed by atoms with Gasteiger partial charge in [0, 0.05) is 10.8 Å². The van der Waals surface area contributed by atoms with Crippen LogP contribution in [-0.2, 0) is 12.4 Å². The van der Waals surface area contributed by atoms with Gasteiger partial charge in [0.15, 0.2) is 5.16 Å². The zero-order valence-electron chi connectivity index (χ0n) is 15.1. The molecule has 0 saturated carbocycles. The molecule has 0 aliphatic carbocycles. The highest BCUT2D eigenvalue weighted by Crippen LogP contribution is 2.25. The predicted octanol–water partition coefficient (Wildman–Crippen LogP) is 4.46. The van der Waals surface area contributed by atoms with E-state index in [2.05, 4.69) is 16.0 Å². The molecule has 0 amide bonds. The minimum absolute atomic E-state index is 0.108. The summed E-state index contributed by atoms with van der Waals surface area (Å²) in [7, 11) is 1.60. The van der Waals surface area contributed by atoms with E-state index in [0.29, 0.717) is 27.4 Å². The van der Waals surface area contributed by atoms with Crippen LogP contribution in [0, 0.1) is 11.3 Å². The normalized spacial score (nSPS) is 10.3. The molecule has 0 atom stereocenters. The summed E-state index contributed by atoms with van der Waals surface area (Å²) in [4.78, 5) is 8.68. The van der Waals surface area contributed by atoms with Gasteiger partial charge in [0.2, 0.25) is 0 Å². The molecule has 0 aliphatic heterocycles. The fraction of sp³-hybridized carbons (Fsp3) is 0.150. The molecule has 142 valence electrons. The van der Waals surface area contributed by atoms with E-state index in [1.807, 2.05) is 24.3 Å². The third-order valence-electron chi connectivity index (χ3n) is 3.82. The van der Waals surface area contributed by atoms with Crippen molar-refractivity contribution in [3.05, 3.63) is 70.4 Å². The van der Waals surface area contributed by atoms with Crippen molar-refractivity contribution in [3.63, 3.8) is 0 Å². The van der Waals surface area contributed by atoms with E-state index in [1.165, 1.54) is 11.8 Å². The van der Waals surface area contributed by atoms with E-state index in [9.17, 15) is 5.26 Å². The number of thioether (sulfide) groups is 1. The molecule has 0 aliphatic rings. The third-order valence-corrected chi connectivity index (χ3v) is 4.99. The number of hydrogen-bond acceptors (Lipinski definition) is 7. The van der Waals surface area contributed by atoms with Crippen molar-refractivity contribution in [2.24, 2.45) is 0 Å². The standard InChI is InChI=1S/C20H17ClN4O2S/c1-26-15-6-8-16(9-7-15)27-11-18-17(10-22)19(23)25-20(24-18)28-12-13-2-4-14(21)5-3-13/h2-9H,11-12H2,1H3,(H2,23,24,25). The molecule has 6 nitrogen and oxygen atoms in total. The number of nitriles is 1. The Morgan fingerprint density at radius 2 is 1.75 bits per heavy atom. The van der Waals surface area contributed by atoms with Crippen LogP contribution in [0.25, 0.3) is 0 Å². The average molecular weight is 413 g/mol. The molecule has 3 aromatic rings. The molecule has 0 fully saturated rings. The number of anilines is 1. The van der Waals surface area contributed by atoms with Gasteiger partial charge >= 0.3 is 0 Å². The molecule has 2 aromatic carbocycles. The lowest BCUT2D eigenvalue weighted by molar-refractivity contribution is 0.299. The Bertz CT molecular complexity index is 989. The first-order chi connectivity index (χ1) is 13.6. The van der Waals surface area contributed by atoms with Crippen LogP contribution in [0.5, 0.6) is 11.5 Å². The largest absolute Gasteiger partial charge is 0.497 e.